The molecule has 0 saturated heterocycles. The lowest BCUT2D eigenvalue weighted by Crippen LogP contribution is -2.00. The van der Waals surface area contributed by atoms with Gasteiger partial charge < -0.3 is 4.74 Å². The molecule has 0 aliphatic heterocycles. The molecule has 124 valence electrons. The fourth-order valence-corrected chi connectivity index (χ4v) is 2.78. The maximum absolute atomic E-state index is 9.55. The highest BCUT2D eigenvalue weighted by atomic mass is 35.5. The van der Waals surface area contributed by atoms with Gasteiger partial charge in [-0.15, -0.1) is 0 Å². The predicted molar refractivity (Wildman–Crippen MR) is 101 cm³/mol. The van der Waals surface area contributed by atoms with Crippen molar-refractivity contribution in [1.29, 1.82) is 5.26 Å². The fraction of sp³-hybridized carbons (Fsp3) is 0.286. The molecule has 2 nitrogen and oxygen atoms in total. The van der Waals surface area contributed by atoms with E-state index in [9.17, 15) is 5.26 Å². The Balaban J connectivity index is 2.54. The summed E-state index contributed by atoms with van der Waals surface area (Å²) in [5.41, 5.74) is 4.68. The number of allylic oxidation sites excluding steroid dienone is 1. The van der Waals surface area contributed by atoms with Gasteiger partial charge in [0.15, 0.2) is 0 Å². The first-order chi connectivity index (χ1) is 11.5. The van der Waals surface area contributed by atoms with Crippen LogP contribution < -0.4 is 4.74 Å². The quantitative estimate of drug-likeness (QED) is 0.477. The molecule has 0 N–H and O–H groups in total. The third-order valence-electron chi connectivity index (χ3n) is 3.88. The molecule has 2 rings (SSSR count). The largest absolute Gasteiger partial charge is 0.494 e. The minimum Gasteiger partial charge on any atom is -0.494 e. The molecule has 0 fully saturated rings. The van der Waals surface area contributed by atoms with Gasteiger partial charge in [-0.25, -0.2) is 0 Å². The van der Waals surface area contributed by atoms with Gasteiger partial charge in [-0.3, -0.25) is 0 Å². The van der Waals surface area contributed by atoms with Gasteiger partial charge in [0.25, 0.3) is 0 Å². The van der Waals surface area contributed by atoms with Crippen molar-refractivity contribution in [3.05, 3.63) is 63.7 Å². The van der Waals surface area contributed by atoms with Crippen LogP contribution in [-0.2, 0) is 0 Å². The normalized spacial score (nSPS) is 11.5. The van der Waals surface area contributed by atoms with Gasteiger partial charge in [0.1, 0.15) is 5.75 Å². The Morgan fingerprint density at radius 3 is 2.62 bits per heavy atom. The number of nitrogens with zero attached hydrogens (tertiary/aromatic N) is 1. The van der Waals surface area contributed by atoms with Crippen molar-refractivity contribution in [2.45, 2.75) is 33.6 Å². The Bertz CT molecular complexity index is 800. The summed E-state index contributed by atoms with van der Waals surface area (Å²) in [5.74, 6) is 1.26. The van der Waals surface area contributed by atoms with Gasteiger partial charge in [0.05, 0.1) is 18.2 Å². The lowest BCUT2D eigenvalue weighted by atomic mass is 9.94. The molecular weight excluding hydrogens is 318 g/mol. The van der Waals surface area contributed by atoms with E-state index < -0.39 is 0 Å². The smallest absolute Gasteiger partial charge is 0.123 e. The average molecular weight is 340 g/mol. The first kappa shape index (κ1) is 18.1. The van der Waals surface area contributed by atoms with E-state index in [1.807, 2.05) is 38.1 Å². The summed E-state index contributed by atoms with van der Waals surface area (Å²) in [4.78, 5) is 0. The Kier molecular flexibility index (Phi) is 6.06. The molecule has 24 heavy (non-hydrogen) atoms. The number of benzene rings is 2. The molecule has 3 heteroatoms. The maximum atomic E-state index is 9.55. The van der Waals surface area contributed by atoms with Crippen LogP contribution in [0.15, 0.2) is 36.4 Å². The lowest BCUT2D eigenvalue weighted by Gasteiger charge is -2.16. The fourth-order valence-electron chi connectivity index (χ4n) is 2.59. The number of aryl methyl sites for hydroxylation is 1. The average Bonchev–Trinajstić information content (AvgIpc) is 2.54. The zero-order valence-electron chi connectivity index (χ0n) is 14.6. The summed E-state index contributed by atoms with van der Waals surface area (Å²) in [7, 11) is 0. The summed E-state index contributed by atoms with van der Waals surface area (Å²) in [6.45, 7) is 8.94. The number of ether oxygens (including phenoxy) is 1. The summed E-state index contributed by atoms with van der Waals surface area (Å²) < 4.78 is 5.76. The SMILES string of the molecule is CCOc1cc(C)c(/C=C(\C#N)c2cccc(Cl)c2)cc1C(C)C. The minimum absolute atomic E-state index is 0.344. The van der Waals surface area contributed by atoms with E-state index in [1.165, 1.54) is 0 Å². The van der Waals surface area contributed by atoms with Gasteiger partial charge in [-0.2, -0.15) is 5.26 Å². The van der Waals surface area contributed by atoms with Crippen molar-refractivity contribution in [1.82, 2.24) is 0 Å². The monoisotopic (exact) mass is 339 g/mol. The van der Waals surface area contributed by atoms with Crippen molar-refractivity contribution < 1.29 is 4.74 Å². The molecule has 0 aliphatic carbocycles. The number of nitriles is 1. The van der Waals surface area contributed by atoms with E-state index in [0.29, 0.717) is 23.1 Å². The molecule has 0 amide bonds. The van der Waals surface area contributed by atoms with E-state index in [1.54, 1.807) is 6.07 Å². The highest BCUT2D eigenvalue weighted by Gasteiger charge is 2.12. The second kappa shape index (κ2) is 8.04. The van der Waals surface area contributed by atoms with Crippen molar-refractivity contribution >= 4 is 23.3 Å². The second-order valence-corrected chi connectivity index (χ2v) is 6.45. The summed E-state index contributed by atoms with van der Waals surface area (Å²) in [6, 6.07) is 13.8. The summed E-state index contributed by atoms with van der Waals surface area (Å²) >= 11 is 6.05. The van der Waals surface area contributed by atoms with E-state index in [4.69, 9.17) is 16.3 Å². The van der Waals surface area contributed by atoms with Gasteiger partial charge in [-0.1, -0.05) is 37.6 Å². The number of rotatable bonds is 5. The number of halogens is 1. The second-order valence-electron chi connectivity index (χ2n) is 6.01. The molecule has 0 bridgehead atoms. The third-order valence-corrected chi connectivity index (χ3v) is 4.11. The Hall–Kier alpha value is -2.24. The van der Waals surface area contributed by atoms with Crippen LogP contribution in [0.5, 0.6) is 5.75 Å². The summed E-state index contributed by atoms with van der Waals surface area (Å²) in [5, 5.41) is 10.2. The molecule has 0 heterocycles. The number of hydrogen-bond donors (Lipinski definition) is 0. The Labute approximate surface area is 149 Å². The molecule has 0 atom stereocenters. The van der Waals surface area contributed by atoms with Crippen LogP contribution in [0, 0.1) is 18.3 Å². The van der Waals surface area contributed by atoms with Gasteiger partial charge >= 0.3 is 0 Å². The molecule has 0 aliphatic rings. The van der Waals surface area contributed by atoms with Gasteiger partial charge in [-0.05, 0) is 72.4 Å². The Morgan fingerprint density at radius 1 is 1.29 bits per heavy atom. The zero-order chi connectivity index (χ0) is 17.7. The maximum Gasteiger partial charge on any atom is 0.123 e. The van der Waals surface area contributed by atoms with E-state index in [2.05, 4.69) is 32.0 Å². The van der Waals surface area contributed by atoms with Crippen LogP contribution in [0.2, 0.25) is 5.02 Å². The van der Waals surface area contributed by atoms with Crippen LogP contribution >= 0.6 is 11.6 Å². The van der Waals surface area contributed by atoms with Gasteiger partial charge in [0.2, 0.25) is 0 Å². The highest BCUT2D eigenvalue weighted by molar-refractivity contribution is 6.30. The number of hydrogen-bond acceptors (Lipinski definition) is 2. The molecule has 0 radical (unpaired) electrons. The molecule has 0 aromatic heterocycles. The molecule has 0 saturated carbocycles. The van der Waals surface area contributed by atoms with Crippen LogP contribution in [-0.4, -0.2) is 6.61 Å². The molecular formula is C21H22ClNO. The van der Waals surface area contributed by atoms with Crippen molar-refractivity contribution in [3.8, 4) is 11.8 Å². The van der Waals surface area contributed by atoms with E-state index >= 15 is 0 Å². The van der Waals surface area contributed by atoms with Crippen molar-refractivity contribution in [3.63, 3.8) is 0 Å². The minimum atomic E-state index is 0.344. The molecule has 2 aromatic carbocycles. The standard InChI is InChI=1S/C21H22ClNO/c1-5-24-21-9-15(4)17(12-20(21)14(2)3)10-18(13-23)16-7-6-8-19(22)11-16/h6-12,14H,5H2,1-4H3/b18-10+. The highest BCUT2D eigenvalue weighted by Crippen LogP contribution is 2.32. The predicted octanol–water partition coefficient (Wildman–Crippen LogP) is 6.23. The lowest BCUT2D eigenvalue weighted by molar-refractivity contribution is 0.335. The molecule has 0 spiro atoms. The summed E-state index contributed by atoms with van der Waals surface area (Å²) in [6.07, 6.45) is 1.92. The topological polar surface area (TPSA) is 33.0 Å². The van der Waals surface area contributed by atoms with E-state index in [0.717, 1.165) is 28.0 Å². The van der Waals surface area contributed by atoms with Crippen LogP contribution in [0.25, 0.3) is 11.6 Å². The molecule has 0 unspecified atom stereocenters. The first-order valence-corrected chi connectivity index (χ1v) is 8.49. The molecule has 2 aromatic rings. The van der Waals surface area contributed by atoms with Crippen LogP contribution in [0.3, 0.4) is 0 Å². The van der Waals surface area contributed by atoms with E-state index in [-0.39, 0.29) is 0 Å². The first-order valence-electron chi connectivity index (χ1n) is 8.11. The van der Waals surface area contributed by atoms with Crippen LogP contribution in [0.4, 0.5) is 0 Å². The van der Waals surface area contributed by atoms with Gasteiger partial charge in [0, 0.05) is 5.02 Å². The third kappa shape index (κ3) is 4.19. The van der Waals surface area contributed by atoms with Crippen molar-refractivity contribution in [2.75, 3.05) is 6.61 Å². The van der Waals surface area contributed by atoms with Crippen LogP contribution in [0.1, 0.15) is 48.9 Å². The Morgan fingerprint density at radius 2 is 2.04 bits per heavy atom. The zero-order valence-corrected chi connectivity index (χ0v) is 15.3. The van der Waals surface area contributed by atoms with Crippen molar-refractivity contribution in [2.24, 2.45) is 0 Å².